The van der Waals surface area contributed by atoms with Gasteiger partial charge in [0, 0.05) is 31.8 Å². The average Bonchev–Trinajstić information content (AvgIpc) is 3.14. The first-order valence-electron chi connectivity index (χ1n) is 9.78. The molecule has 0 saturated carbocycles. The number of rotatable bonds is 7. The Morgan fingerprint density at radius 1 is 1.32 bits per heavy atom. The minimum atomic E-state index is -0.0335. The highest BCUT2D eigenvalue weighted by Gasteiger charge is 2.50. The third kappa shape index (κ3) is 3.98. The quantitative estimate of drug-likeness (QED) is 0.774. The number of aliphatic hydroxyl groups excluding tert-OH is 1. The molecule has 1 N–H and O–H groups in total. The van der Waals surface area contributed by atoms with E-state index in [0.717, 1.165) is 22.8 Å². The largest absolute Gasteiger partial charge is 0.394 e. The molecule has 3 rings (SSSR count). The van der Waals surface area contributed by atoms with Crippen LogP contribution in [-0.2, 0) is 11.2 Å². The van der Waals surface area contributed by atoms with Crippen molar-refractivity contribution in [3.63, 3.8) is 0 Å². The standard InChI is InChI=1S/C22H29N3O2S/c1-5-7-16-8-10-17(11-9-16)21-19(12-24(4)15(3)27)25(20(21)13-26)22-23-18(6-2)14-28-22/h5,7-11,14,19-21,26H,6,12-13H2,1-4H3/b7-5+/t19-,20+,21+/m0/s1. The maximum absolute atomic E-state index is 11.9. The first-order valence-corrected chi connectivity index (χ1v) is 10.7. The zero-order valence-electron chi connectivity index (χ0n) is 17.0. The first kappa shape index (κ1) is 20.6. The van der Waals surface area contributed by atoms with Crippen LogP contribution in [0.3, 0.4) is 0 Å². The Kier molecular flexibility index (Phi) is 6.52. The van der Waals surface area contributed by atoms with Gasteiger partial charge in [-0.05, 0) is 24.5 Å². The second kappa shape index (κ2) is 8.88. The van der Waals surface area contributed by atoms with Gasteiger partial charge in [-0.15, -0.1) is 11.3 Å². The minimum absolute atomic E-state index is 0.0335. The summed E-state index contributed by atoms with van der Waals surface area (Å²) in [6.07, 6.45) is 4.99. The van der Waals surface area contributed by atoms with Crippen molar-refractivity contribution in [2.45, 2.75) is 45.2 Å². The molecule has 2 heterocycles. The maximum atomic E-state index is 11.9. The number of amides is 1. The van der Waals surface area contributed by atoms with Crippen LogP contribution in [0.4, 0.5) is 5.13 Å². The van der Waals surface area contributed by atoms with Gasteiger partial charge in [-0.25, -0.2) is 4.98 Å². The molecule has 3 atom stereocenters. The number of carbonyl (C=O) groups is 1. The number of hydrogen-bond acceptors (Lipinski definition) is 5. The van der Waals surface area contributed by atoms with E-state index in [-0.39, 0.29) is 30.5 Å². The van der Waals surface area contributed by atoms with Crippen LogP contribution in [-0.4, -0.2) is 53.2 Å². The Morgan fingerprint density at radius 3 is 2.57 bits per heavy atom. The average molecular weight is 400 g/mol. The van der Waals surface area contributed by atoms with Crippen LogP contribution in [0.25, 0.3) is 6.08 Å². The molecule has 1 aliphatic rings. The Morgan fingerprint density at radius 2 is 2.04 bits per heavy atom. The molecule has 1 fully saturated rings. The number of hydrogen-bond donors (Lipinski definition) is 1. The van der Waals surface area contributed by atoms with Gasteiger partial charge in [0.1, 0.15) is 0 Å². The zero-order valence-corrected chi connectivity index (χ0v) is 17.8. The van der Waals surface area contributed by atoms with Gasteiger partial charge in [0.2, 0.25) is 5.91 Å². The third-order valence-electron chi connectivity index (χ3n) is 5.53. The second-order valence-electron chi connectivity index (χ2n) is 7.29. The monoisotopic (exact) mass is 399 g/mol. The number of anilines is 1. The van der Waals surface area contributed by atoms with Crippen molar-refractivity contribution >= 4 is 28.5 Å². The third-order valence-corrected chi connectivity index (χ3v) is 6.44. The lowest BCUT2D eigenvalue weighted by atomic mass is 9.75. The molecule has 1 amide bonds. The number of benzene rings is 1. The van der Waals surface area contributed by atoms with Crippen LogP contribution in [0.2, 0.25) is 0 Å². The van der Waals surface area contributed by atoms with Gasteiger partial charge >= 0.3 is 0 Å². The van der Waals surface area contributed by atoms with E-state index in [1.165, 1.54) is 5.56 Å². The molecular weight excluding hydrogens is 370 g/mol. The number of aliphatic hydroxyl groups is 1. The highest BCUT2D eigenvalue weighted by Crippen LogP contribution is 2.45. The number of carbonyl (C=O) groups excluding carboxylic acids is 1. The number of aromatic nitrogens is 1. The van der Waals surface area contributed by atoms with Gasteiger partial charge in [0.25, 0.3) is 0 Å². The molecule has 1 saturated heterocycles. The summed E-state index contributed by atoms with van der Waals surface area (Å²) in [6, 6.07) is 8.55. The molecule has 0 radical (unpaired) electrons. The highest BCUT2D eigenvalue weighted by molar-refractivity contribution is 7.13. The number of allylic oxidation sites excluding steroid dienone is 1. The van der Waals surface area contributed by atoms with Crippen molar-refractivity contribution in [2.75, 3.05) is 25.1 Å². The molecule has 5 nitrogen and oxygen atoms in total. The van der Waals surface area contributed by atoms with Gasteiger partial charge < -0.3 is 14.9 Å². The molecule has 1 aliphatic heterocycles. The van der Waals surface area contributed by atoms with E-state index in [4.69, 9.17) is 4.98 Å². The van der Waals surface area contributed by atoms with E-state index in [1.807, 2.05) is 20.0 Å². The second-order valence-corrected chi connectivity index (χ2v) is 8.13. The van der Waals surface area contributed by atoms with Gasteiger partial charge in [-0.1, -0.05) is 43.3 Å². The van der Waals surface area contributed by atoms with Crippen LogP contribution in [0.1, 0.15) is 43.5 Å². The van der Waals surface area contributed by atoms with Crippen molar-refractivity contribution in [1.29, 1.82) is 0 Å². The minimum Gasteiger partial charge on any atom is -0.394 e. The molecule has 150 valence electrons. The van der Waals surface area contributed by atoms with E-state index in [0.29, 0.717) is 6.54 Å². The van der Waals surface area contributed by atoms with Crippen LogP contribution in [0.5, 0.6) is 0 Å². The predicted molar refractivity (Wildman–Crippen MR) is 116 cm³/mol. The number of thiazole rings is 1. The fourth-order valence-electron chi connectivity index (χ4n) is 3.89. The summed E-state index contributed by atoms with van der Waals surface area (Å²) in [6.45, 7) is 6.35. The van der Waals surface area contributed by atoms with Crippen molar-refractivity contribution in [2.24, 2.45) is 0 Å². The highest BCUT2D eigenvalue weighted by atomic mass is 32.1. The smallest absolute Gasteiger partial charge is 0.219 e. The Balaban J connectivity index is 1.93. The van der Waals surface area contributed by atoms with Crippen molar-refractivity contribution in [3.05, 3.63) is 52.5 Å². The summed E-state index contributed by atoms with van der Waals surface area (Å²) in [7, 11) is 1.83. The molecule has 2 aromatic rings. The summed E-state index contributed by atoms with van der Waals surface area (Å²) >= 11 is 1.61. The molecule has 0 spiro atoms. The van der Waals surface area contributed by atoms with Gasteiger partial charge in [0.15, 0.2) is 5.13 Å². The number of likely N-dealkylation sites (N-methyl/N-ethyl adjacent to an activating group) is 1. The van der Waals surface area contributed by atoms with Crippen LogP contribution < -0.4 is 4.90 Å². The van der Waals surface area contributed by atoms with E-state index >= 15 is 0 Å². The Hall–Kier alpha value is -2.18. The molecule has 0 bridgehead atoms. The van der Waals surface area contributed by atoms with E-state index < -0.39 is 0 Å². The SMILES string of the molecule is C/C=C/c1ccc([C@H]2[C@@H](CO)N(c3nc(CC)cs3)[C@H]2CN(C)C(C)=O)cc1. The lowest BCUT2D eigenvalue weighted by Gasteiger charge is -2.55. The molecule has 0 aliphatic carbocycles. The lowest BCUT2D eigenvalue weighted by Crippen LogP contribution is -2.67. The Bertz CT molecular complexity index is 831. The van der Waals surface area contributed by atoms with E-state index in [1.54, 1.807) is 23.2 Å². The molecule has 1 aromatic heterocycles. The number of aryl methyl sites for hydroxylation is 1. The topological polar surface area (TPSA) is 56.7 Å². The fraction of sp³-hybridized carbons (Fsp3) is 0.455. The maximum Gasteiger partial charge on any atom is 0.219 e. The summed E-state index contributed by atoms with van der Waals surface area (Å²) in [5, 5.41) is 13.2. The summed E-state index contributed by atoms with van der Waals surface area (Å²) in [5.74, 6) is 0.198. The van der Waals surface area contributed by atoms with Gasteiger partial charge in [0.05, 0.1) is 24.4 Å². The van der Waals surface area contributed by atoms with Crippen molar-refractivity contribution in [1.82, 2.24) is 9.88 Å². The van der Waals surface area contributed by atoms with E-state index in [9.17, 15) is 9.90 Å². The normalized spacial score (nSPS) is 21.8. The molecule has 0 unspecified atom stereocenters. The van der Waals surface area contributed by atoms with Crippen LogP contribution in [0, 0.1) is 0 Å². The summed E-state index contributed by atoms with van der Waals surface area (Å²) in [5.41, 5.74) is 3.42. The van der Waals surface area contributed by atoms with Crippen LogP contribution >= 0.6 is 11.3 Å². The Labute approximate surface area is 171 Å². The van der Waals surface area contributed by atoms with Crippen molar-refractivity contribution in [3.8, 4) is 0 Å². The molecular formula is C22H29N3O2S. The number of nitrogens with zero attached hydrogens (tertiary/aromatic N) is 3. The van der Waals surface area contributed by atoms with Crippen LogP contribution in [0.15, 0.2) is 35.7 Å². The summed E-state index contributed by atoms with van der Waals surface area (Å²) < 4.78 is 0. The fourth-order valence-corrected chi connectivity index (χ4v) is 4.91. The van der Waals surface area contributed by atoms with Crippen molar-refractivity contribution < 1.29 is 9.90 Å². The predicted octanol–water partition coefficient (Wildman–Crippen LogP) is 3.55. The zero-order chi connectivity index (χ0) is 20.3. The molecule has 1 aromatic carbocycles. The van der Waals surface area contributed by atoms with E-state index in [2.05, 4.69) is 47.5 Å². The van der Waals surface area contributed by atoms with Gasteiger partial charge in [-0.3, -0.25) is 4.79 Å². The molecule has 28 heavy (non-hydrogen) atoms. The molecule has 6 heteroatoms. The van der Waals surface area contributed by atoms with Gasteiger partial charge in [-0.2, -0.15) is 0 Å². The first-order chi connectivity index (χ1) is 13.5. The summed E-state index contributed by atoms with van der Waals surface area (Å²) in [4.78, 5) is 20.6. The lowest BCUT2D eigenvalue weighted by molar-refractivity contribution is -0.128.